The van der Waals surface area contributed by atoms with Gasteiger partial charge in [0.25, 0.3) is 0 Å². The van der Waals surface area contributed by atoms with Crippen LogP contribution in [0.3, 0.4) is 0 Å². The molecule has 0 aromatic heterocycles. The fourth-order valence-corrected chi connectivity index (χ4v) is 7.01. The normalized spacial score (nSPS) is 13.4. The number of hydrogen-bond acceptors (Lipinski definition) is 1. The van der Waals surface area contributed by atoms with Gasteiger partial charge in [-0.2, -0.15) is 0 Å². The molecule has 0 amide bonds. The van der Waals surface area contributed by atoms with Crippen molar-refractivity contribution in [2.75, 3.05) is 4.90 Å². The highest BCUT2D eigenvalue weighted by atomic mass is 19.1. The van der Waals surface area contributed by atoms with Crippen LogP contribution in [0.1, 0.15) is 22.3 Å². The molecule has 0 heterocycles. The summed E-state index contributed by atoms with van der Waals surface area (Å²) in [5, 5.41) is 0. The molecule has 2 aliphatic rings. The van der Waals surface area contributed by atoms with Crippen molar-refractivity contribution in [1.82, 2.24) is 0 Å². The lowest BCUT2D eigenvalue weighted by Gasteiger charge is -2.32. The second-order valence-corrected chi connectivity index (χ2v) is 10.7. The van der Waals surface area contributed by atoms with E-state index in [2.05, 4.69) is 36.4 Å². The van der Waals surface area contributed by atoms with E-state index in [9.17, 15) is 17.6 Å². The summed E-state index contributed by atoms with van der Waals surface area (Å²) in [4.78, 5) is 1.49. The summed E-state index contributed by atoms with van der Waals surface area (Å²) in [5.74, 6) is -3.18. The van der Waals surface area contributed by atoms with E-state index >= 15 is 0 Å². The quantitative estimate of drug-likeness (QED) is 0.196. The van der Waals surface area contributed by atoms with Gasteiger partial charge in [-0.3, -0.25) is 0 Å². The third-order valence-corrected chi connectivity index (χ3v) is 8.45. The van der Waals surface area contributed by atoms with Crippen LogP contribution in [0, 0.1) is 23.3 Å². The minimum absolute atomic E-state index is 0.106. The van der Waals surface area contributed by atoms with Crippen LogP contribution < -0.4 is 4.90 Å². The fraction of sp³-hybridized carbons (Fsp3) is 0.0270. The van der Waals surface area contributed by atoms with Gasteiger partial charge in [0, 0.05) is 17.8 Å². The summed E-state index contributed by atoms with van der Waals surface area (Å²) in [6, 6.07) is 37.0. The largest absolute Gasteiger partial charge is 0.310 e. The van der Waals surface area contributed by atoms with Crippen molar-refractivity contribution in [3.63, 3.8) is 0 Å². The van der Waals surface area contributed by atoms with Gasteiger partial charge in [0.1, 0.15) is 23.3 Å². The monoisotopic (exact) mass is 555 g/mol. The third-order valence-electron chi connectivity index (χ3n) is 8.45. The molecule has 0 bridgehead atoms. The van der Waals surface area contributed by atoms with Crippen molar-refractivity contribution < 1.29 is 17.6 Å². The Labute approximate surface area is 239 Å². The number of nitrogens with zero attached hydrogens (tertiary/aromatic N) is 1. The molecule has 0 atom stereocenters. The number of benzene rings is 6. The molecule has 2 aliphatic carbocycles. The molecular weight excluding hydrogens is 534 g/mol. The third kappa shape index (κ3) is 3.37. The van der Waals surface area contributed by atoms with Crippen LogP contribution in [0.5, 0.6) is 0 Å². The molecule has 202 valence electrons. The molecule has 1 spiro atoms. The van der Waals surface area contributed by atoms with E-state index in [1.165, 1.54) is 4.90 Å². The molecule has 0 radical (unpaired) electrons. The van der Waals surface area contributed by atoms with Gasteiger partial charge in [0.05, 0.1) is 16.8 Å². The lowest BCUT2D eigenvalue weighted by atomic mass is 9.70. The Kier molecular flexibility index (Phi) is 5.23. The molecule has 0 unspecified atom stereocenters. The van der Waals surface area contributed by atoms with Gasteiger partial charge in [-0.15, -0.1) is 0 Å². The smallest absolute Gasteiger partial charge is 0.128 e. The lowest BCUT2D eigenvalue weighted by molar-refractivity contribution is 0.582. The molecule has 0 saturated heterocycles. The van der Waals surface area contributed by atoms with Crippen molar-refractivity contribution in [2.45, 2.75) is 5.41 Å². The molecule has 0 saturated carbocycles. The van der Waals surface area contributed by atoms with E-state index in [0.29, 0.717) is 5.69 Å². The molecule has 6 aromatic rings. The van der Waals surface area contributed by atoms with Crippen molar-refractivity contribution in [3.8, 4) is 22.3 Å². The second kappa shape index (κ2) is 8.92. The first-order chi connectivity index (χ1) is 20.4. The fourth-order valence-electron chi connectivity index (χ4n) is 7.01. The first kappa shape index (κ1) is 24.6. The van der Waals surface area contributed by atoms with E-state index in [1.807, 2.05) is 54.6 Å². The van der Waals surface area contributed by atoms with Crippen LogP contribution in [0.2, 0.25) is 0 Å². The minimum Gasteiger partial charge on any atom is -0.310 e. The molecule has 0 N–H and O–H groups in total. The topological polar surface area (TPSA) is 3.24 Å². The number of rotatable bonds is 3. The highest BCUT2D eigenvalue weighted by Gasteiger charge is 2.51. The maximum Gasteiger partial charge on any atom is 0.128 e. The first-order valence-electron chi connectivity index (χ1n) is 13.6. The lowest BCUT2D eigenvalue weighted by Crippen LogP contribution is -2.26. The summed E-state index contributed by atoms with van der Waals surface area (Å²) in [7, 11) is 0. The number of anilines is 3. The molecule has 6 aromatic carbocycles. The average molecular weight is 556 g/mol. The molecule has 42 heavy (non-hydrogen) atoms. The van der Waals surface area contributed by atoms with E-state index in [1.54, 1.807) is 0 Å². The van der Waals surface area contributed by atoms with E-state index in [0.717, 1.165) is 80.9 Å². The zero-order valence-corrected chi connectivity index (χ0v) is 22.1. The Morgan fingerprint density at radius 3 is 1.17 bits per heavy atom. The van der Waals surface area contributed by atoms with Gasteiger partial charge in [0.2, 0.25) is 0 Å². The van der Waals surface area contributed by atoms with Crippen LogP contribution in [0.15, 0.2) is 127 Å². The van der Waals surface area contributed by atoms with Gasteiger partial charge in [-0.05, 0) is 80.9 Å². The van der Waals surface area contributed by atoms with Crippen LogP contribution in [0.4, 0.5) is 34.6 Å². The molecular formula is C37H21F4N. The highest BCUT2D eigenvalue weighted by Crippen LogP contribution is 2.63. The summed E-state index contributed by atoms with van der Waals surface area (Å²) < 4.78 is 58.1. The molecule has 8 rings (SSSR count). The maximum absolute atomic E-state index is 14.5. The average Bonchev–Trinajstić information content (AvgIpc) is 3.44. The van der Waals surface area contributed by atoms with Crippen LogP contribution in [0.25, 0.3) is 22.3 Å². The molecule has 0 aliphatic heterocycles. The Bertz CT molecular complexity index is 1910. The number of halogens is 4. The summed E-state index contributed by atoms with van der Waals surface area (Å²) in [6.07, 6.45) is 0. The zero-order valence-electron chi connectivity index (χ0n) is 22.1. The Morgan fingerprint density at radius 2 is 0.738 bits per heavy atom. The predicted molar refractivity (Wildman–Crippen MR) is 157 cm³/mol. The van der Waals surface area contributed by atoms with E-state index in [-0.39, 0.29) is 11.4 Å². The van der Waals surface area contributed by atoms with Gasteiger partial charge < -0.3 is 4.90 Å². The van der Waals surface area contributed by atoms with Gasteiger partial charge in [0.15, 0.2) is 0 Å². The second-order valence-electron chi connectivity index (χ2n) is 10.7. The molecule has 1 nitrogen and oxygen atoms in total. The van der Waals surface area contributed by atoms with Crippen LogP contribution in [-0.4, -0.2) is 0 Å². The van der Waals surface area contributed by atoms with E-state index in [4.69, 9.17) is 0 Å². The van der Waals surface area contributed by atoms with Gasteiger partial charge in [-0.25, -0.2) is 17.6 Å². The molecule has 0 fully saturated rings. The summed E-state index contributed by atoms with van der Waals surface area (Å²) in [6.45, 7) is 0. The molecule has 5 heteroatoms. The predicted octanol–water partition coefficient (Wildman–Crippen LogP) is 10.1. The van der Waals surface area contributed by atoms with Crippen molar-refractivity contribution in [1.29, 1.82) is 0 Å². The minimum atomic E-state index is -0.796. The SMILES string of the molecule is Fc1cc(F)cc(N(c2cc(F)cc(F)c2)c2ccc3c(c2)C2(c4ccccc4-c4ccccc42)c2ccccc2-3)c1. The summed E-state index contributed by atoms with van der Waals surface area (Å²) >= 11 is 0. The number of fused-ring (bicyclic) bond motifs is 10. The number of hydrogen-bond donors (Lipinski definition) is 0. The van der Waals surface area contributed by atoms with Crippen molar-refractivity contribution in [2.24, 2.45) is 0 Å². The van der Waals surface area contributed by atoms with E-state index < -0.39 is 28.7 Å². The Hall–Kier alpha value is -5.16. The highest BCUT2D eigenvalue weighted by molar-refractivity contribution is 5.96. The van der Waals surface area contributed by atoms with Crippen molar-refractivity contribution in [3.05, 3.63) is 173 Å². The summed E-state index contributed by atoms with van der Waals surface area (Å²) in [5.41, 5.74) is 8.84. The van der Waals surface area contributed by atoms with Crippen molar-refractivity contribution >= 4 is 17.1 Å². The first-order valence-corrected chi connectivity index (χ1v) is 13.6. The standard InChI is InChI=1S/C37H21F4N/c38-22-15-23(39)18-27(17-22)42(28-19-24(40)16-25(41)20-28)26-13-14-32-31-9-3-6-12-35(31)37(36(32)21-26)33-10-4-1-7-29(33)30-8-2-5-11-34(30)37/h1-21H. The Balaban J connectivity index is 1.45. The maximum atomic E-state index is 14.5. The zero-order chi connectivity index (χ0) is 28.6. The van der Waals surface area contributed by atoms with Crippen LogP contribution >= 0.6 is 0 Å². The van der Waals surface area contributed by atoms with Gasteiger partial charge >= 0.3 is 0 Å². The van der Waals surface area contributed by atoms with Crippen LogP contribution in [-0.2, 0) is 5.41 Å². The Morgan fingerprint density at radius 1 is 0.357 bits per heavy atom. The van der Waals surface area contributed by atoms with Gasteiger partial charge in [-0.1, -0.05) is 78.9 Å².